The van der Waals surface area contributed by atoms with Gasteiger partial charge in [-0.3, -0.25) is 0 Å². The van der Waals surface area contributed by atoms with Crippen molar-refractivity contribution < 1.29 is 0 Å². The van der Waals surface area contributed by atoms with Crippen molar-refractivity contribution in [3.8, 4) is 11.1 Å². The number of piperidine rings is 1. The molecule has 0 amide bonds. The molecule has 1 aliphatic heterocycles. The minimum atomic E-state index is 1.11. The summed E-state index contributed by atoms with van der Waals surface area (Å²) >= 11 is 1.77. The van der Waals surface area contributed by atoms with Crippen LogP contribution in [0.25, 0.3) is 11.1 Å². The van der Waals surface area contributed by atoms with E-state index in [0.29, 0.717) is 0 Å². The minimum Gasteiger partial charge on any atom is -0.356 e. The number of pyridine rings is 1. The van der Waals surface area contributed by atoms with Gasteiger partial charge in [0.05, 0.1) is 0 Å². The number of aryl methyl sites for hydroxylation is 1. The van der Waals surface area contributed by atoms with E-state index in [2.05, 4.69) is 71.4 Å². The highest BCUT2D eigenvalue weighted by molar-refractivity contribution is 7.99. The van der Waals surface area contributed by atoms with Crippen molar-refractivity contribution in [2.75, 3.05) is 18.0 Å². The number of benzene rings is 1. The normalized spacial score (nSPS) is 14.7. The van der Waals surface area contributed by atoms with Gasteiger partial charge in [0, 0.05) is 54.1 Å². The minimum absolute atomic E-state index is 1.11. The zero-order chi connectivity index (χ0) is 17.1. The molecule has 128 valence electrons. The zero-order valence-electron chi connectivity index (χ0n) is 14.6. The van der Waals surface area contributed by atoms with E-state index < -0.39 is 0 Å². The van der Waals surface area contributed by atoms with Crippen LogP contribution in [0.1, 0.15) is 19.3 Å². The topological polar surface area (TPSA) is 21.1 Å². The zero-order valence-corrected chi connectivity index (χ0v) is 15.4. The Morgan fingerprint density at radius 3 is 2.48 bits per heavy atom. The molecule has 0 radical (unpaired) electrons. The van der Waals surface area contributed by atoms with Gasteiger partial charge < -0.3 is 9.47 Å². The van der Waals surface area contributed by atoms with Gasteiger partial charge in [0.15, 0.2) is 0 Å². The van der Waals surface area contributed by atoms with Crippen LogP contribution in [0.15, 0.2) is 70.8 Å². The highest BCUT2D eigenvalue weighted by Crippen LogP contribution is 2.36. The summed E-state index contributed by atoms with van der Waals surface area (Å²) in [5.41, 5.74) is 2.48. The van der Waals surface area contributed by atoms with E-state index >= 15 is 0 Å². The maximum atomic E-state index is 4.88. The van der Waals surface area contributed by atoms with Gasteiger partial charge in [-0.15, -0.1) is 0 Å². The molecule has 3 heterocycles. The van der Waals surface area contributed by atoms with Gasteiger partial charge >= 0.3 is 0 Å². The Balaban J connectivity index is 1.71. The third kappa shape index (κ3) is 3.74. The fourth-order valence-electron chi connectivity index (χ4n) is 3.36. The van der Waals surface area contributed by atoms with Gasteiger partial charge in [0.1, 0.15) is 5.82 Å². The van der Waals surface area contributed by atoms with Crippen LogP contribution in [0, 0.1) is 0 Å². The molecular formula is C21H23N3S. The number of anilines is 1. The average Bonchev–Trinajstić information content (AvgIpc) is 3.08. The lowest BCUT2D eigenvalue weighted by Gasteiger charge is -2.29. The SMILES string of the molecule is Cn1ccc(Sc2cnc(N3CCCCC3)c(-c3ccccc3)c2)c1. The van der Waals surface area contributed by atoms with Crippen molar-refractivity contribution in [1.29, 1.82) is 0 Å². The van der Waals surface area contributed by atoms with Crippen LogP contribution in [-0.2, 0) is 7.05 Å². The summed E-state index contributed by atoms with van der Waals surface area (Å²) in [6.07, 6.45) is 10.1. The van der Waals surface area contributed by atoms with Gasteiger partial charge in [0.25, 0.3) is 0 Å². The van der Waals surface area contributed by atoms with Crippen molar-refractivity contribution in [1.82, 2.24) is 9.55 Å². The summed E-state index contributed by atoms with van der Waals surface area (Å²) in [6.45, 7) is 2.22. The highest BCUT2D eigenvalue weighted by Gasteiger charge is 2.17. The van der Waals surface area contributed by atoms with Crippen molar-refractivity contribution in [2.24, 2.45) is 7.05 Å². The van der Waals surface area contributed by atoms with E-state index in [9.17, 15) is 0 Å². The van der Waals surface area contributed by atoms with Crippen LogP contribution < -0.4 is 4.90 Å². The van der Waals surface area contributed by atoms with E-state index in [4.69, 9.17) is 4.98 Å². The summed E-state index contributed by atoms with van der Waals surface area (Å²) < 4.78 is 2.08. The van der Waals surface area contributed by atoms with Gasteiger partial charge in [-0.1, -0.05) is 42.1 Å². The molecule has 25 heavy (non-hydrogen) atoms. The van der Waals surface area contributed by atoms with Crippen molar-refractivity contribution in [3.05, 3.63) is 61.1 Å². The molecule has 0 saturated carbocycles. The summed E-state index contributed by atoms with van der Waals surface area (Å²) in [7, 11) is 2.05. The Morgan fingerprint density at radius 2 is 1.76 bits per heavy atom. The highest BCUT2D eigenvalue weighted by atomic mass is 32.2. The third-order valence-corrected chi connectivity index (χ3v) is 5.56. The number of hydrogen-bond acceptors (Lipinski definition) is 3. The van der Waals surface area contributed by atoms with Crippen LogP contribution in [0.5, 0.6) is 0 Å². The number of rotatable bonds is 4. The Hall–Kier alpha value is -2.20. The van der Waals surface area contributed by atoms with Gasteiger partial charge in [-0.25, -0.2) is 4.98 Å². The molecule has 0 unspecified atom stereocenters. The molecule has 0 N–H and O–H groups in total. The first-order valence-corrected chi connectivity index (χ1v) is 9.71. The Labute approximate surface area is 153 Å². The van der Waals surface area contributed by atoms with Crippen molar-refractivity contribution >= 4 is 17.6 Å². The molecule has 1 aromatic carbocycles. The second-order valence-corrected chi connectivity index (χ2v) is 7.72. The standard InChI is InChI=1S/C21H23N3S/c1-23-13-10-18(16-23)25-19-14-20(17-8-4-2-5-9-17)21(22-15-19)24-11-6-3-7-12-24/h2,4-5,8-10,13-16H,3,6-7,11-12H2,1H3. The molecule has 1 aliphatic rings. The Kier molecular flexibility index (Phi) is 4.79. The van der Waals surface area contributed by atoms with E-state index in [1.807, 2.05) is 6.20 Å². The van der Waals surface area contributed by atoms with Crippen molar-refractivity contribution in [3.63, 3.8) is 0 Å². The van der Waals surface area contributed by atoms with E-state index in [0.717, 1.165) is 18.9 Å². The molecule has 0 atom stereocenters. The molecule has 3 aromatic rings. The average molecular weight is 350 g/mol. The monoisotopic (exact) mass is 349 g/mol. The summed E-state index contributed by atoms with van der Waals surface area (Å²) in [5, 5.41) is 0. The molecule has 4 heteroatoms. The smallest absolute Gasteiger partial charge is 0.136 e. The second-order valence-electron chi connectivity index (χ2n) is 6.57. The third-order valence-electron chi connectivity index (χ3n) is 4.62. The maximum Gasteiger partial charge on any atom is 0.136 e. The molecule has 4 rings (SSSR count). The second kappa shape index (κ2) is 7.36. The van der Waals surface area contributed by atoms with Crippen LogP contribution in [-0.4, -0.2) is 22.6 Å². The first kappa shape index (κ1) is 16.3. The quantitative estimate of drug-likeness (QED) is 0.643. The Bertz CT molecular complexity index is 835. The summed E-state index contributed by atoms with van der Waals surface area (Å²) in [6, 6.07) is 15.1. The fraction of sp³-hybridized carbons (Fsp3) is 0.286. The Morgan fingerprint density at radius 1 is 0.960 bits per heavy atom. The lowest BCUT2D eigenvalue weighted by molar-refractivity contribution is 0.573. The van der Waals surface area contributed by atoms with Gasteiger partial charge in [0.2, 0.25) is 0 Å². The fourth-order valence-corrected chi connectivity index (χ4v) is 4.26. The first-order valence-electron chi connectivity index (χ1n) is 8.90. The van der Waals surface area contributed by atoms with Crippen LogP contribution in [0.4, 0.5) is 5.82 Å². The predicted octanol–water partition coefficient (Wildman–Crippen LogP) is 5.23. The number of hydrogen-bond donors (Lipinski definition) is 0. The molecule has 0 aliphatic carbocycles. The lowest BCUT2D eigenvalue weighted by Crippen LogP contribution is -2.30. The molecule has 1 fully saturated rings. The maximum absolute atomic E-state index is 4.88. The van der Waals surface area contributed by atoms with E-state index in [-0.39, 0.29) is 0 Å². The van der Waals surface area contributed by atoms with E-state index in [1.165, 1.54) is 40.2 Å². The molecular weight excluding hydrogens is 326 g/mol. The van der Waals surface area contributed by atoms with E-state index in [1.54, 1.807) is 11.8 Å². The van der Waals surface area contributed by atoms with Crippen molar-refractivity contribution in [2.45, 2.75) is 29.1 Å². The molecule has 2 aromatic heterocycles. The summed E-state index contributed by atoms with van der Waals surface area (Å²) in [4.78, 5) is 9.76. The van der Waals surface area contributed by atoms with Gasteiger partial charge in [-0.2, -0.15) is 0 Å². The first-order chi connectivity index (χ1) is 12.3. The van der Waals surface area contributed by atoms with Crippen LogP contribution >= 0.6 is 11.8 Å². The molecule has 0 spiro atoms. The predicted molar refractivity (Wildman–Crippen MR) is 105 cm³/mol. The number of aromatic nitrogens is 2. The lowest BCUT2D eigenvalue weighted by atomic mass is 10.0. The van der Waals surface area contributed by atoms with Crippen LogP contribution in [0.3, 0.4) is 0 Å². The van der Waals surface area contributed by atoms with Crippen LogP contribution in [0.2, 0.25) is 0 Å². The molecule has 1 saturated heterocycles. The largest absolute Gasteiger partial charge is 0.356 e. The summed E-state index contributed by atoms with van der Waals surface area (Å²) in [5.74, 6) is 1.13. The van der Waals surface area contributed by atoms with Gasteiger partial charge in [-0.05, 0) is 37.0 Å². The molecule has 3 nitrogen and oxygen atoms in total. The molecule has 0 bridgehead atoms. The number of nitrogens with zero attached hydrogens (tertiary/aromatic N) is 3.